The van der Waals surface area contributed by atoms with Crippen LogP contribution < -0.4 is 0 Å². The van der Waals surface area contributed by atoms with Crippen LogP contribution in [-0.4, -0.2) is 58.2 Å². The lowest BCUT2D eigenvalue weighted by Crippen LogP contribution is -2.36. The van der Waals surface area contributed by atoms with Crippen LogP contribution in [0.4, 0.5) is 0 Å². The molecule has 1 aromatic heterocycles. The van der Waals surface area contributed by atoms with Gasteiger partial charge < -0.3 is 4.90 Å². The van der Waals surface area contributed by atoms with Crippen LogP contribution >= 0.6 is 15.9 Å². The summed E-state index contributed by atoms with van der Waals surface area (Å²) >= 11 is 3.39. The molecule has 2 rings (SSSR count). The molecule has 1 amide bonds. The van der Waals surface area contributed by atoms with Crippen molar-refractivity contribution in [3.05, 3.63) is 29.0 Å². The van der Waals surface area contributed by atoms with Gasteiger partial charge in [0.05, 0.1) is 10.7 Å². The van der Waals surface area contributed by atoms with Crippen molar-refractivity contribution in [1.82, 2.24) is 19.6 Å². The second-order valence-corrected chi connectivity index (χ2v) is 5.55. The second-order valence-electron chi connectivity index (χ2n) is 4.70. The smallest absolute Gasteiger partial charge is 0.273 e. The van der Waals surface area contributed by atoms with Crippen LogP contribution in [0.5, 0.6) is 0 Å². The molecule has 0 spiro atoms. The summed E-state index contributed by atoms with van der Waals surface area (Å²) in [5.41, 5.74) is 0.622. The molecular formula is C13H19BrN4O. The molecule has 2 heterocycles. The van der Waals surface area contributed by atoms with Crippen molar-refractivity contribution in [2.75, 3.05) is 32.7 Å². The van der Waals surface area contributed by atoms with Crippen LogP contribution in [0.25, 0.3) is 0 Å². The average molecular weight is 327 g/mol. The zero-order chi connectivity index (χ0) is 13.8. The van der Waals surface area contributed by atoms with Crippen LogP contribution in [0, 0.1) is 0 Å². The fourth-order valence-corrected chi connectivity index (χ4v) is 2.86. The van der Waals surface area contributed by atoms with Crippen LogP contribution in [-0.2, 0) is 7.05 Å². The molecule has 0 bridgehead atoms. The molecule has 1 aliphatic rings. The van der Waals surface area contributed by atoms with Gasteiger partial charge in [-0.2, -0.15) is 5.10 Å². The van der Waals surface area contributed by atoms with Gasteiger partial charge in [0.2, 0.25) is 0 Å². The third-order valence-corrected chi connectivity index (χ3v) is 3.94. The first-order valence-corrected chi connectivity index (χ1v) is 7.23. The molecule has 1 saturated heterocycles. The maximum atomic E-state index is 12.5. The molecule has 0 saturated carbocycles. The molecule has 6 heteroatoms. The van der Waals surface area contributed by atoms with Gasteiger partial charge in [-0.3, -0.25) is 14.4 Å². The third kappa shape index (κ3) is 3.25. The Morgan fingerprint density at radius 3 is 2.89 bits per heavy atom. The molecule has 5 nitrogen and oxygen atoms in total. The first kappa shape index (κ1) is 14.3. The van der Waals surface area contributed by atoms with E-state index in [0.29, 0.717) is 5.69 Å². The maximum absolute atomic E-state index is 12.5. The van der Waals surface area contributed by atoms with Gasteiger partial charge in [0.25, 0.3) is 5.91 Å². The minimum absolute atomic E-state index is 0.0485. The Morgan fingerprint density at radius 1 is 1.47 bits per heavy atom. The summed E-state index contributed by atoms with van der Waals surface area (Å²) in [6, 6.07) is 0. The highest BCUT2D eigenvalue weighted by atomic mass is 79.9. The summed E-state index contributed by atoms with van der Waals surface area (Å²) < 4.78 is 2.38. The minimum Gasteiger partial charge on any atom is -0.336 e. The third-order valence-electron chi connectivity index (χ3n) is 3.36. The van der Waals surface area contributed by atoms with E-state index in [2.05, 4.69) is 32.5 Å². The van der Waals surface area contributed by atoms with Crippen molar-refractivity contribution in [3.8, 4) is 0 Å². The first-order chi connectivity index (χ1) is 9.13. The summed E-state index contributed by atoms with van der Waals surface area (Å²) in [7, 11) is 1.79. The monoisotopic (exact) mass is 326 g/mol. The fraction of sp³-hybridized carbons (Fsp3) is 0.538. The van der Waals surface area contributed by atoms with E-state index in [1.165, 1.54) is 0 Å². The van der Waals surface area contributed by atoms with Crippen LogP contribution in [0.15, 0.2) is 23.3 Å². The topological polar surface area (TPSA) is 41.4 Å². The molecule has 104 valence electrons. The number of hydrogen-bond donors (Lipinski definition) is 0. The Morgan fingerprint density at radius 2 is 2.26 bits per heavy atom. The van der Waals surface area contributed by atoms with Gasteiger partial charge in [-0.05, 0) is 22.4 Å². The molecule has 0 aromatic carbocycles. The number of carbonyl (C=O) groups is 1. The highest BCUT2D eigenvalue weighted by Crippen LogP contribution is 2.18. The number of rotatable bonds is 3. The van der Waals surface area contributed by atoms with Gasteiger partial charge in [-0.25, -0.2) is 0 Å². The quantitative estimate of drug-likeness (QED) is 0.791. The summed E-state index contributed by atoms with van der Waals surface area (Å²) in [5.74, 6) is 0.0485. The molecule has 19 heavy (non-hydrogen) atoms. The van der Waals surface area contributed by atoms with Crippen molar-refractivity contribution in [3.63, 3.8) is 0 Å². The van der Waals surface area contributed by atoms with Crippen LogP contribution in [0.3, 0.4) is 0 Å². The lowest BCUT2D eigenvalue weighted by Gasteiger charge is -2.21. The number of aryl methyl sites for hydroxylation is 1. The van der Waals surface area contributed by atoms with Crippen LogP contribution in [0.1, 0.15) is 16.9 Å². The largest absolute Gasteiger partial charge is 0.336 e. The Balaban J connectivity index is 2.06. The summed E-state index contributed by atoms with van der Waals surface area (Å²) in [6.45, 7) is 8.11. The summed E-state index contributed by atoms with van der Waals surface area (Å²) in [5, 5.41) is 4.10. The number of aromatic nitrogens is 2. The van der Waals surface area contributed by atoms with E-state index in [4.69, 9.17) is 0 Å². The number of hydrogen-bond acceptors (Lipinski definition) is 3. The van der Waals surface area contributed by atoms with E-state index < -0.39 is 0 Å². The van der Waals surface area contributed by atoms with Crippen molar-refractivity contribution >= 4 is 21.8 Å². The van der Waals surface area contributed by atoms with Crippen LogP contribution in [0.2, 0.25) is 0 Å². The molecule has 1 fully saturated rings. The van der Waals surface area contributed by atoms with Gasteiger partial charge in [0.15, 0.2) is 0 Å². The average Bonchev–Trinajstić information content (AvgIpc) is 2.61. The van der Waals surface area contributed by atoms with Gasteiger partial charge in [-0.1, -0.05) is 6.08 Å². The minimum atomic E-state index is 0.0485. The van der Waals surface area contributed by atoms with Gasteiger partial charge >= 0.3 is 0 Å². The lowest BCUT2D eigenvalue weighted by atomic mass is 10.3. The Kier molecular flexibility index (Phi) is 4.76. The molecule has 0 aliphatic carbocycles. The highest BCUT2D eigenvalue weighted by molar-refractivity contribution is 9.10. The molecule has 0 unspecified atom stereocenters. The number of carbonyl (C=O) groups excluding carboxylic acids is 1. The maximum Gasteiger partial charge on any atom is 0.273 e. The predicted octanol–water partition coefficient (Wildman–Crippen LogP) is 1.52. The molecule has 0 radical (unpaired) electrons. The van der Waals surface area contributed by atoms with E-state index >= 15 is 0 Å². The summed E-state index contributed by atoms with van der Waals surface area (Å²) in [4.78, 5) is 16.7. The SMILES string of the molecule is C=CCN1CCCN(C(=O)c2c(Br)cnn2C)CC1. The summed E-state index contributed by atoms with van der Waals surface area (Å²) in [6.07, 6.45) is 4.57. The van der Waals surface area contributed by atoms with E-state index in [1.807, 2.05) is 11.0 Å². The second kappa shape index (κ2) is 6.34. The predicted molar refractivity (Wildman–Crippen MR) is 78.1 cm³/mol. The fourth-order valence-electron chi connectivity index (χ4n) is 2.34. The van der Waals surface area contributed by atoms with Crippen molar-refractivity contribution in [1.29, 1.82) is 0 Å². The van der Waals surface area contributed by atoms with E-state index in [1.54, 1.807) is 17.9 Å². The number of halogens is 1. The zero-order valence-corrected chi connectivity index (χ0v) is 12.8. The standard InChI is InChI=1S/C13H19BrN4O/c1-3-5-17-6-4-7-18(9-8-17)13(19)12-11(14)10-15-16(12)2/h3,10H,1,4-9H2,2H3. The zero-order valence-electron chi connectivity index (χ0n) is 11.2. The highest BCUT2D eigenvalue weighted by Gasteiger charge is 2.24. The molecule has 0 N–H and O–H groups in total. The van der Waals surface area contributed by atoms with Gasteiger partial charge in [0, 0.05) is 39.8 Å². The molecule has 1 aromatic rings. The first-order valence-electron chi connectivity index (χ1n) is 6.43. The van der Waals surface area contributed by atoms with Gasteiger partial charge in [0.1, 0.15) is 5.69 Å². The number of amides is 1. The molecular weight excluding hydrogens is 308 g/mol. The number of nitrogens with zero attached hydrogens (tertiary/aromatic N) is 4. The van der Waals surface area contributed by atoms with E-state index in [-0.39, 0.29) is 5.91 Å². The van der Waals surface area contributed by atoms with E-state index in [9.17, 15) is 4.79 Å². The lowest BCUT2D eigenvalue weighted by molar-refractivity contribution is 0.0750. The Bertz CT molecular complexity index is 452. The molecule has 1 aliphatic heterocycles. The Labute approximate surface area is 122 Å². The molecule has 0 atom stereocenters. The van der Waals surface area contributed by atoms with E-state index in [0.717, 1.165) is 43.6 Å². The van der Waals surface area contributed by atoms with Crippen molar-refractivity contribution in [2.24, 2.45) is 7.05 Å². The Hall–Kier alpha value is -1.14. The normalized spacial score (nSPS) is 17.3. The van der Waals surface area contributed by atoms with Crippen molar-refractivity contribution < 1.29 is 4.79 Å². The van der Waals surface area contributed by atoms with Crippen molar-refractivity contribution in [2.45, 2.75) is 6.42 Å². The van der Waals surface area contributed by atoms with Gasteiger partial charge in [-0.15, -0.1) is 6.58 Å².